The van der Waals surface area contributed by atoms with Crippen molar-refractivity contribution in [2.75, 3.05) is 6.54 Å². The van der Waals surface area contributed by atoms with Gasteiger partial charge in [0, 0.05) is 23.6 Å². The molecule has 1 heterocycles. The summed E-state index contributed by atoms with van der Waals surface area (Å²) in [6.45, 7) is 0.210. The Labute approximate surface area is 133 Å². The molecular weight excluding hydrogens is 337 g/mol. The van der Waals surface area contributed by atoms with Crippen molar-refractivity contribution in [1.82, 2.24) is 20.5 Å². The fourth-order valence-corrected chi connectivity index (χ4v) is 2.10. The van der Waals surface area contributed by atoms with Gasteiger partial charge in [0.2, 0.25) is 0 Å². The Kier molecular flexibility index (Phi) is 5.09. The fourth-order valence-electron chi connectivity index (χ4n) is 1.87. The second kappa shape index (κ2) is 6.86. The molecule has 2 aromatic rings. The second-order valence-electron chi connectivity index (χ2n) is 4.71. The number of hydrogen-bond acceptors (Lipinski definition) is 3. The molecule has 124 valence electrons. The molecule has 0 spiro atoms. The third-order valence-corrected chi connectivity index (χ3v) is 3.13. The van der Waals surface area contributed by atoms with Crippen LogP contribution in [0.15, 0.2) is 23.0 Å². The van der Waals surface area contributed by atoms with Crippen LogP contribution in [0.2, 0.25) is 5.02 Å². The molecule has 0 radical (unpaired) electrons. The number of amides is 1. The Morgan fingerprint density at radius 1 is 1.30 bits per heavy atom. The predicted octanol–water partition coefficient (Wildman–Crippen LogP) is 2.13. The van der Waals surface area contributed by atoms with E-state index >= 15 is 0 Å². The number of rotatable bonds is 5. The number of H-pyrrole nitrogens is 2. The van der Waals surface area contributed by atoms with E-state index < -0.39 is 23.3 Å². The lowest BCUT2D eigenvalue weighted by molar-refractivity contribution is -0.137. The fraction of sp³-hybridized carbons (Fsp3) is 0.308. The van der Waals surface area contributed by atoms with Crippen molar-refractivity contribution >= 4 is 17.5 Å². The number of carbonyl (C=O) groups excluding carboxylic acids is 1. The molecule has 0 unspecified atom stereocenters. The molecule has 6 nitrogen and oxygen atoms in total. The molecule has 1 aromatic heterocycles. The van der Waals surface area contributed by atoms with Gasteiger partial charge in [0.25, 0.3) is 5.91 Å². The largest absolute Gasteiger partial charge is 0.416 e. The first kappa shape index (κ1) is 17.1. The molecule has 0 bridgehead atoms. The van der Waals surface area contributed by atoms with Crippen molar-refractivity contribution in [3.8, 4) is 0 Å². The number of nitrogens with one attached hydrogen (secondary N) is 3. The van der Waals surface area contributed by atoms with Gasteiger partial charge >= 0.3 is 11.9 Å². The minimum Gasteiger partial charge on any atom is -0.352 e. The number of aromatic amines is 2. The van der Waals surface area contributed by atoms with Crippen LogP contribution in [0.5, 0.6) is 0 Å². The summed E-state index contributed by atoms with van der Waals surface area (Å²) in [4.78, 5) is 25.1. The van der Waals surface area contributed by atoms with E-state index in [0.717, 1.165) is 18.2 Å². The van der Waals surface area contributed by atoms with Crippen LogP contribution in [0.3, 0.4) is 0 Å². The minimum absolute atomic E-state index is 0.168. The number of nitrogens with zero attached hydrogens (tertiary/aromatic N) is 1. The maximum atomic E-state index is 12.7. The first-order valence-corrected chi connectivity index (χ1v) is 6.93. The third-order valence-electron chi connectivity index (χ3n) is 2.91. The van der Waals surface area contributed by atoms with Gasteiger partial charge in [0.1, 0.15) is 5.82 Å². The molecule has 0 aliphatic heterocycles. The first-order valence-electron chi connectivity index (χ1n) is 6.55. The number of aryl methyl sites for hydroxylation is 1. The van der Waals surface area contributed by atoms with Gasteiger partial charge in [0.05, 0.1) is 5.56 Å². The number of alkyl halides is 3. The van der Waals surface area contributed by atoms with Crippen LogP contribution in [-0.4, -0.2) is 27.6 Å². The first-order chi connectivity index (χ1) is 10.8. The average molecular weight is 349 g/mol. The van der Waals surface area contributed by atoms with Crippen molar-refractivity contribution in [2.45, 2.75) is 19.0 Å². The topological polar surface area (TPSA) is 90.6 Å². The summed E-state index contributed by atoms with van der Waals surface area (Å²) < 4.78 is 38.0. The van der Waals surface area contributed by atoms with Crippen LogP contribution in [0, 0.1) is 0 Å². The van der Waals surface area contributed by atoms with E-state index in [0.29, 0.717) is 18.7 Å². The molecule has 3 N–H and O–H groups in total. The predicted molar refractivity (Wildman–Crippen MR) is 76.3 cm³/mol. The van der Waals surface area contributed by atoms with Crippen LogP contribution < -0.4 is 11.0 Å². The lowest BCUT2D eigenvalue weighted by atomic mass is 10.1. The van der Waals surface area contributed by atoms with E-state index in [2.05, 4.69) is 20.5 Å². The van der Waals surface area contributed by atoms with Crippen molar-refractivity contribution in [3.63, 3.8) is 0 Å². The highest BCUT2D eigenvalue weighted by Crippen LogP contribution is 2.31. The van der Waals surface area contributed by atoms with E-state index in [1.165, 1.54) is 0 Å². The molecule has 0 fully saturated rings. The minimum atomic E-state index is -4.58. The number of hydrogen-bond donors (Lipinski definition) is 3. The lowest BCUT2D eigenvalue weighted by Gasteiger charge is -2.10. The van der Waals surface area contributed by atoms with Gasteiger partial charge < -0.3 is 5.32 Å². The highest BCUT2D eigenvalue weighted by molar-refractivity contribution is 6.31. The summed E-state index contributed by atoms with van der Waals surface area (Å²) in [5.74, 6) is -0.222. The van der Waals surface area contributed by atoms with E-state index in [1.54, 1.807) is 0 Å². The van der Waals surface area contributed by atoms with Gasteiger partial charge in [-0.1, -0.05) is 11.6 Å². The molecule has 1 aromatic carbocycles. The number of benzene rings is 1. The van der Waals surface area contributed by atoms with Gasteiger partial charge in [-0.2, -0.15) is 18.3 Å². The zero-order valence-corrected chi connectivity index (χ0v) is 12.4. The average Bonchev–Trinajstić information content (AvgIpc) is 2.87. The number of aromatic nitrogens is 3. The lowest BCUT2D eigenvalue weighted by Crippen LogP contribution is -2.25. The molecule has 10 heteroatoms. The normalized spacial score (nSPS) is 11.5. The van der Waals surface area contributed by atoms with E-state index in [-0.39, 0.29) is 17.1 Å². The molecule has 1 amide bonds. The SMILES string of the molecule is O=C(NCCCc1n[nH]c(=O)[nH]1)c1cc(Cl)cc(C(F)(F)F)c1. The molecule has 0 saturated carbocycles. The van der Waals surface area contributed by atoms with Gasteiger partial charge in [-0.3, -0.25) is 9.78 Å². The van der Waals surface area contributed by atoms with Crippen molar-refractivity contribution in [2.24, 2.45) is 0 Å². The molecule has 0 atom stereocenters. The van der Waals surface area contributed by atoms with E-state index in [1.807, 2.05) is 0 Å². The molecule has 0 aliphatic rings. The van der Waals surface area contributed by atoms with Crippen molar-refractivity contribution in [1.29, 1.82) is 0 Å². The van der Waals surface area contributed by atoms with Gasteiger partial charge in [-0.05, 0) is 24.6 Å². The van der Waals surface area contributed by atoms with Crippen LogP contribution in [0.4, 0.5) is 13.2 Å². The summed E-state index contributed by atoms with van der Waals surface area (Å²) in [5.41, 5.74) is -1.58. The molecule has 2 rings (SSSR count). The van der Waals surface area contributed by atoms with E-state index in [9.17, 15) is 22.8 Å². The maximum absolute atomic E-state index is 12.7. The molecule has 0 aliphatic carbocycles. The Morgan fingerprint density at radius 3 is 2.65 bits per heavy atom. The Bertz CT molecular complexity index is 754. The van der Waals surface area contributed by atoms with Crippen molar-refractivity contribution in [3.05, 3.63) is 50.7 Å². The van der Waals surface area contributed by atoms with Crippen LogP contribution in [0.1, 0.15) is 28.2 Å². The summed E-state index contributed by atoms with van der Waals surface area (Å²) in [6.07, 6.45) is -3.71. The Balaban J connectivity index is 1.93. The highest BCUT2D eigenvalue weighted by atomic mass is 35.5. The Morgan fingerprint density at radius 2 is 2.04 bits per heavy atom. The third kappa shape index (κ3) is 4.85. The van der Waals surface area contributed by atoms with Crippen LogP contribution in [-0.2, 0) is 12.6 Å². The zero-order valence-electron chi connectivity index (χ0n) is 11.6. The number of carbonyl (C=O) groups is 1. The zero-order chi connectivity index (χ0) is 17.0. The highest BCUT2D eigenvalue weighted by Gasteiger charge is 2.31. The summed E-state index contributed by atoms with van der Waals surface area (Å²) in [6, 6.07) is 2.66. The molecular formula is C13H12ClF3N4O2. The monoisotopic (exact) mass is 348 g/mol. The van der Waals surface area contributed by atoms with E-state index in [4.69, 9.17) is 11.6 Å². The summed E-state index contributed by atoms with van der Waals surface area (Å²) in [7, 11) is 0. The smallest absolute Gasteiger partial charge is 0.352 e. The van der Waals surface area contributed by atoms with Gasteiger partial charge in [0.15, 0.2) is 0 Å². The van der Waals surface area contributed by atoms with Crippen LogP contribution in [0.25, 0.3) is 0 Å². The van der Waals surface area contributed by atoms with Gasteiger partial charge in [-0.15, -0.1) is 0 Å². The second-order valence-corrected chi connectivity index (χ2v) is 5.15. The Hall–Kier alpha value is -2.29. The van der Waals surface area contributed by atoms with Gasteiger partial charge in [-0.25, -0.2) is 9.89 Å². The number of halogens is 4. The van der Waals surface area contributed by atoms with Crippen LogP contribution >= 0.6 is 11.6 Å². The maximum Gasteiger partial charge on any atom is 0.416 e. The summed E-state index contributed by atoms with van der Waals surface area (Å²) >= 11 is 5.62. The molecule has 23 heavy (non-hydrogen) atoms. The van der Waals surface area contributed by atoms with Crippen molar-refractivity contribution < 1.29 is 18.0 Å². The quantitative estimate of drug-likeness (QED) is 0.723. The summed E-state index contributed by atoms with van der Waals surface area (Å²) in [5, 5.41) is 8.21. The molecule has 0 saturated heterocycles. The standard InChI is InChI=1S/C13H12ClF3N4O2/c14-9-5-7(4-8(6-9)13(15,16)17)11(22)18-3-1-2-10-19-12(23)21-20-10/h4-6H,1-3H2,(H,18,22)(H2,19,20,21,23).